The maximum absolute atomic E-state index is 2.46. The fourth-order valence-electron chi connectivity index (χ4n) is 8.44. The van der Waals surface area contributed by atoms with Crippen molar-refractivity contribution in [1.82, 2.24) is 0 Å². The van der Waals surface area contributed by atoms with Gasteiger partial charge in [-0.15, -0.1) is 0 Å². The lowest BCUT2D eigenvalue weighted by molar-refractivity contribution is 0.660. The summed E-state index contributed by atoms with van der Waals surface area (Å²) >= 11 is 0. The Labute approximate surface area is 310 Å². The fraction of sp³-hybridized carbons (Fsp3) is 0.176. The molecule has 256 valence electrons. The van der Waals surface area contributed by atoms with E-state index in [0.29, 0.717) is 0 Å². The van der Waals surface area contributed by atoms with Crippen LogP contribution < -0.4 is 4.90 Å². The highest BCUT2D eigenvalue weighted by Crippen LogP contribution is 2.51. The van der Waals surface area contributed by atoms with Gasteiger partial charge in [-0.3, -0.25) is 0 Å². The monoisotopic (exact) mass is 673 g/mol. The molecule has 0 fully saturated rings. The van der Waals surface area contributed by atoms with Crippen molar-refractivity contribution in [2.45, 2.75) is 58.8 Å². The summed E-state index contributed by atoms with van der Waals surface area (Å²) in [7, 11) is 0. The van der Waals surface area contributed by atoms with Gasteiger partial charge in [0.05, 0.1) is 0 Å². The van der Waals surface area contributed by atoms with Crippen LogP contribution in [0.4, 0.5) is 17.1 Å². The van der Waals surface area contributed by atoms with Gasteiger partial charge in [0, 0.05) is 22.5 Å². The molecule has 0 radical (unpaired) electrons. The lowest BCUT2D eigenvalue weighted by Crippen LogP contribution is -2.16. The first-order valence-corrected chi connectivity index (χ1v) is 18.9. The molecule has 0 amide bonds. The van der Waals surface area contributed by atoms with E-state index < -0.39 is 0 Å². The Kier molecular flexibility index (Phi) is 9.12. The van der Waals surface area contributed by atoms with Gasteiger partial charge in [0.15, 0.2) is 0 Å². The summed E-state index contributed by atoms with van der Waals surface area (Å²) in [5.74, 6) is 0. The van der Waals surface area contributed by atoms with Crippen LogP contribution in [-0.4, -0.2) is 0 Å². The summed E-state index contributed by atoms with van der Waals surface area (Å²) in [5, 5.41) is 0. The second-order valence-electron chi connectivity index (χ2n) is 14.6. The molecule has 5 aromatic carbocycles. The van der Waals surface area contributed by atoms with Gasteiger partial charge in [-0.05, 0) is 143 Å². The minimum absolute atomic E-state index is 0.0915. The van der Waals surface area contributed by atoms with E-state index in [1.165, 1.54) is 72.5 Å². The molecule has 0 saturated carbocycles. The minimum Gasteiger partial charge on any atom is -0.310 e. The Balaban J connectivity index is 1.32. The van der Waals surface area contributed by atoms with Crippen LogP contribution in [0.3, 0.4) is 0 Å². The third-order valence-corrected chi connectivity index (χ3v) is 11.1. The first kappa shape index (κ1) is 33.5. The number of benzene rings is 5. The zero-order valence-electron chi connectivity index (χ0n) is 30.9. The molecule has 3 aliphatic carbocycles. The minimum atomic E-state index is -0.0915. The van der Waals surface area contributed by atoms with Crippen molar-refractivity contribution in [3.8, 4) is 22.3 Å². The number of anilines is 3. The second-order valence-corrected chi connectivity index (χ2v) is 14.6. The van der Waals surface area contributed by atoms with Crippen molar-refractivity contribution in [2.75, 3.05) is 4.90 Å². The summed E-state index contributed by atoms with van der Waals surface area (Å²) in [5.41, 5.74) is 19.3. The maximum Gasteiger partial charge on any atom is 0.0468 e. The molecule has 0 unspecified atom stereocenters. The van der Waals surface area contributed by atoms with Crippen LogP contribution in [0.15, 0.2) is 164 Å². The molecule has 0 spiro atoms. The summed E-state index contributed by atoms with van der Waals surface area (Å²) < 4.78 is 0. The normalized spacial score (nSPS) is 16.0. The standard InChI is InChI=1S/C51H47N/c1-5-17-36(6-2)37-26-28-40(29-27-37)52(42-31-33-47-46-24-15-16-25-49(46)51(3,4)50(47)35-42)41-30-32-45(48(34-41)39-20-11-8-12-21-39)44-23-14-13-22-43(44)38-18-9-7-10-19-38/h5-9,11,13-18,20,22-35H,10,12,19,21H2,1-4H3/b17-5-,36-6+. The Morgan fingerprint density at radius 3 is 1.77 bits per heavy atom. The second kappa shape index (κ2) is 14.2. The molecule has 0 N–H and O–H groups in total. The van der Waals surface area contributed by atoms with Crippen LogP contribution in [0.1, 0.15) is 81.2 Å². The number of hydrogen-bond donors (Lipinski definition) is 0. The van der Waals surface area contributed by atoms with Gasteiger partial charge in [-0.2, -0.15) is 0 Å². The first-order chi connectivity index (χ1) is 25.5. The van der Waals surface area contributed by atoms with Crippen LogP contribution >= 0.6 is 0 Å². The van der Waals surface area contributed by atoms with Gasteiger partial charge in [0.2, 0.25) is 0 Å². The Hall–Kier alpha value is -5.66. The van der Waals surface area contributed by atoms with E-state index in [1.54, 1.807) is 0 Å². The molecular formula is C51H47N. The smallest absolute Gasteiger partial charge is 0.0468 e. The van der Waals surface area contributed by atoms with Crippen LogP contribution in [0.25, 0.3) is 39.0 Å². The molecule has 52 heavy (non-hydrogen) atoms. The average Bonchev–Trinajstić information content (AvgIpc) is 3.43. The van der Waals surface area contributed by atoms with Crippen molar-refractivity contribution in [2.24, 2.45) is 0 Å². The largest absolute Gasteiger partial charge is 0.310 e. The van der Waals surface area contributed by atoms with E-state index in [0.717, 1.165) is 37.1 Å². The number of fused-ring (bicyclic) bond motifs is 3. The lowest BCUT2D eigenvalue weighted by Gasteiger charge is -2.29. The molecule has 1 heteroatoms. The van der Waals surface area contributed by atoms with Crippen molar-refractivity contribution in [3.05, 3.63) is 192 Å². The highest BCUT2D eigenvalue weighted by Gasteiger charge is 2.35. The predicted molar refractivity (Wildman–Crippen MR) is 225 cm³/mol. The highest BCUT2D eigenvalue weighted by molar-refractivity contribution is 5.92. The van der Waals surface area contributed by atoms with Crippen LogP contribution in [0.2, 0.25) is 0 Å². The molecule has 0 aromatic heterocycles. The quantitative estimate of drug-likeness (QED) is 0.148. The molecule has 1 nitrogen and oxygen atoms in total. The number of rotatable bonds is 8. The van der Waals surface area contributed by atoms with Crippen molar-refractivity contribution < 1.29 is 0 Å². The summed E-state index contributed by atoms with van der Waals surface area (Å²) in [6.07, 6.45) is 24.3. The topological polar surface area (TPSA) is 3.24 Å². The molecule has 0 bridgehead atoms. The molecule has 0 aliphatic heterocycles. The average molecular weight is 674 g/mol. The highest BCUT2D eigenvalue weighted by atomic mass is 15.1. The third kappa shape index (κ3) is 6.05. The molecule has 5 aromatic rings. The van der Waals surface area contributed by atoms with Gasteiger partial charge in [0.1, 0.15) is 0 Å². The van der Waals surface area contributed by atoms with Crippen LogP contribution in [-0.2, 0) is 5.41 Å². The Morgan fingerprint density at radius 2 is 1.12 bits per heavy atom. The number of nitrogens with zero attached hydrogens (tertiary/aromatic N) is 1. The molecule has 3 aliphatic rings. The van der Waals surface area contributed by atoms with Crippen molar-refractivity contribution in [1.29, 1.82) is 0 Å². The van der Waals surface area contributed by atoms with E-state index in [4.69, 9.17) is 0 Å². The Morgan fingerprint density at radius 1 is 0.558 bits per heavy atom. The van der Waals surface area contributed by atoms with Crippen LogP contribution in [0, 0.1) is 0 Å². The van der Waals surface area contributed by atoms with Gasteiger partial charge in [0.25, 0.3) is 0 Å². The molecular weight excluding hydrogens is 627 g/mol. The van der Waals surface area contributed by atoms with Gasteiger partial charge in [-0.1, -0.05) is 141 Å². The first-order valence-electron chi connectivity index (χ1n) is 18.9. The number of hydrogen-bond acceptors (Lipinski definition) is 1. The lowest BCUT2D eigenvalue weighted by atomic mass is 9.82. The summed E-state index contributed by atoms with van der Waals surface area (Å²) in [6.45, 7) is 8.92. The van der Waals surface area contributed by atoms with Crippen molar-refractivity contribution in [3.63, 3.8) is 0 Å². The Bertz CT molecular complexity index is 2330. The van der Waals surface area contributed by atoms with Gasteiger partial charge in [-0.25, -0.2) is 0 Å². The van der Waals surface area contributed by atoms with E-state index in [1.807, 2.05) is 0 Å². The summed E-state index contributed by atoms with van der Waals surface area (Å²) in [6, 6.07) is 41.2. The van der Waals surface area contributed by atoms with E-state index in [-0.39, 0.29) is 5.41 Å². The zero-order valence-corrected chi connectivity index (χ0v) is 30.9. The zero-order chi connectivity index (χ0) is 35.7. The SMILES string of the molecule is C/C=C\C(=C/C)c1ccc(N(c2ccc(-c3ccccc3C3=CC=CCC3)c(C3=CC=CCC3)c2)c2ccc3c(c2)C(C)(C)c2ccccc2-3)cc1. The number of allylic oxidation sites excluding steroid dienone is 12. The predicted octanol–water partition coefficient (Wildman–Crippen LogP) is 14.6. The molecule has 8 rings (SSSR count). The molecule has 0 heterocycles. The van der Waals surface area contributed by atoms with E-state index >= 15 is 0 Å². The summed E-state index contributed by atoms with van der Waals surface area (Å²) in [4.78, 5) is 2.46. The molecule has 0 atom stereocenters. The van der Waals surface area contributed by atoms with Gasteiger partial charge < -0.3 is 4.90 Å². The van der Waals surface area contributed by atoms with Crippen LogP contribution in [0.5, 0.6) is 0 Å². The van der Waals surface area contributed by atoms with Gasteiger partial charge >= 0.3 is 0 Å². The van der Waals surface area contributed by atoms with E-state index in [2.05, 4.69) is 196 Å². The fourth-order valence-corrected chi connectivity index (χ4v) is 8.44. The third-order valence-electron chi connectivity index (χ3n) is 11.1. The molecule has 0 saturated heterocycles. The van der Waals surface area contributed by atoms with E-state index in [9.17, 15) is 0 Å². The maximum atomic E-state index is 2.46. The van der Waals surface area contributed by atoms with Crippen molar-refractivity contribution >= 4 is 33.8 Å².